The van der Waals surface area contributed by atoms with E-state index in [1.165, 1.54) is 12.3 Å². The lowest BCUT2D eigenvalue weighted by molar-refractivity contribution is 0.236. The number of hydrogen-bond donors (Lipinski definition) is 1. The molecule has 0 atom stereocenters. The number of ether oxygens (including phenoxy) is 2. The summed E-state index contributed by atoms with van der Waals surface area (Å²) in [4.78, 5) is 11.7. The first kappa shape index (κ1) is 22.6. The van der Waals surface area contributed by atoms with E-state index < -0.39 is 0 Å². The molecule has 0 saturated heterocycles. The molecule has 2 rings (SSSR count). The van der Waals surface area contributed by atoms with Crippen molar-refractivity contribution in [3.63, 3.8) is 0 Å². The fourth-order valence-electron chi connectivity index (χ4n) is 2.74. The standard InChI is InChI=1S/C21H26Cl2O5/c1-2-7-16-19(9-8-17(22)21(16)23)26-10-5-3-4-6-11-27-20-14-28-15(13-24)12-18(20)25/h8-9,12,14,24H,2-7,10-11,13H2,1H3. The van der Waals surface area contributed by atoms with Crippen molar-refractivity contribution in [1.29, 1.82) is 0 Å². The molecular weight excluding hydrogens is 403 g/mol. The predicted octanol–water partition coefficient (Wildman–Crippen LogP) is 5.41. The minimum atomic E-state index is -0.306. The molecule has 0 radical (unpaired) electrons. The minimum Gasteiger partial charge on any atom is -0.493 e. The molecule has 0 unspecified atom stereocenters. The Bertz CT molecular complexity index is 804. The van der Waals surface area contributed by atoms with Crippen molar-refractivity contribution >= 4 is 23.2 Å². The van der Waals surface area contributed by atoms with E-state index in [1.807, 2.05) is 6.07 Å². The lowest BCUT2D eigenvalue weighted by atomic mass is 10.1. The maximum absolute atomic E-state index is 11.7. The molecule has 0 amide bonds. The van der Waals surface area contributed by atoms with Crippen molar-refractivity contribution in [3.05, 3.63) is 56.1 Å². The summed E-state index contributed by atoms with van der Waals surface area (Å²) in [6.07, 6.45) is 6.75. The van der Waals surface area contributed by atoms with Gasteiger partial charge in [-0.25, -0.2) is 0 Å². The molecular formula is C21H26Cl2O5. The molecule has 0 aliphatic carbocycles. The van der Waals surface area contributed by atoms with Crippen LogP contribution in [-0.4, -0.2) is 18.3 Å². The van der Waals surface area contributed by atoms with Crippen molar-refractivity contribution in [3.8, 4) is 11.5 Å². The second-order valence-corrected chi connectivity index (χ2v) is 7.22. The summed E-state index contributed by atoms with van der Waals surface area (Å²) in [6.45, 7) is 2.84. The van der Waals surface area contributed by atoms with Gasteiger partial charge in [-0.05, 0) is 44.2 Å². The molecule has 0 aliphatic rings. The van der Waals surface area contributed by atoms with Gasteiger partial charge in [-0.1, -0.05) is 36.5 Å². The summed E-state index contributed by atoms with van der Waals surface area (Å²) >= 11 is 12.4. The Morgan fingerprint density at radius 2 is 1.71 bits per heavy atom. The quantitative estimate of drug-likeness (QED) is 0.457. The van der Waals surface area contributed by atoms with E-state index in [4.69, 9.17) is 42.2 Å². The van der Waals surface area contributed by atoms with Crippen molar-refractivity contribution < 1.29 is 19.0 Å². The number of rotatable bonds is 12. The maximum atomic E-state index is 11.7. The van der Waals surface area contributed by atoms with E-state index in [-0.39, 0.29) is 23.5 Å². The number of aliphatic hydroxyl groups is 1. The monoisotopic (exact) mass is 428 g/mol. The molecule has 28 heavy (non-hydrogen) atoms. The summed E-state index contributed by atoms with van der Waals surface area (Å²) in [6, 6.07) is 4.88. The number of unbranched alkanes of at least 4 members (excludes halogenated alkanes) is 3. The van der Waals surface area contributed by atoms with Crippen LogP contribution in [0.1, 0.15) is 50.4 Å². The lowest BCUT2D eigenvalue weighted by Crippen LogP contribution is -2.09. The van der Waals surface area contributed by atoms with Gasteiger partial charge in [-0.3, -0.25) is 4.79 Å². The van der Waals surface area contributed by atoms with Crippen LogP contribution in [0.4, 0.5) is 0 Å². The average molecular weight is 429 g/mol. The van der Waals surface area contributed by atoms with Crippen LogP contribution in [0.25, 0.3) is 0 Å². The zero-order valence-electron chi connectivity index (χ0n) is 16.0. The van der Waals surface area contributed by atoms with Gasteiger partial charge in [0.05, 0.1) is 23.3 Å². The van der Waals surface area contributed by atoms with Gasteiger partial charge in [-0.2, -0.15) is 0 Å². The predicted molar refractivity (Wildman–Crippen MR) is 111 cm³/mol. The molecule has 0 fully saturated rings. The summed E-state index contributed by atoms with van der Waals surface area (Å²) in [5.74, 6) is 1.20. The zero-order valence-corrected chi connectivity index (χ0v) is 17.5. The first-order valence-corrected chi connectivity index (χ1v) is 10.3. The number of halogens is 2. The minimum absolute atomic E-state index is 0.170. The first-order chi connectivity index (χ1) is 13.6. The molecule has 1 aromatic heterocycles. The topological polar surface area (TPSA) is 68.9 Å². The molecule has 1 N–H and O–H groups in total. The Morgan fingerprint density at radius 1 is 1.04 bits per heavy atom. The fourth-order valence-corrected chi connectivity index (χ4v) is 3.17. The third-order valence-corrected chi connectivity index (χ3v) is 5.06. The Morgan fingerprint density at radius 3 is 2.32 bits per heavy atom. The van der Waals surface area contributed by atoms with Crippen molar-refractivity contribution in [2.24, 2.45) is 0 Å². The molecule has 2 aromatic rings. The zero-order chi connectivity index (χ0) is 20.4. The van der Waals surface area contributed by atoms with Gasteiger partial charge in [0.1, 0.15) is 24.4 Å². The van der Waals surface area contributed by atoms with E-state index in [1.54, 1.807) is 6.07 Å². The third kappa shape index (κ3) is 6.73. The first-order valence-electron chi connectivity index (χ1n) is 9.51. The number of aliphatic hydroxyl groups excluding tert-OH is 1. The molecule has 1 heterocycles. The molecule has 0 aliphatic heterocycles. The highest BCUT2D eigenvalue weighted by Gasteiger charge is 2.11. The van der Waals surface area contributed by atoms with E-state index in [0.717, 1.165) is 49.8 Å². The van der Waals surface area contributed by atoms with Crippen LogP contribution >= 0.6 is 23.2 Å². The highest BCUT2D eigenvalue weighted by Crippen LogP contribution is 2.34. The fraction of sp³-hybridized carbons (Fsp3) is 0.476. The van der Waals surface area contributed by atoms with Gasteiger partial charge in [0.2, 0.25) is 11.2 Å². The van der Waals surface area contributed by atoms with Crippen LogP contribution in [0, 0.1) is 0 Å². The molecule has 0 saturated carbocycles. The third-order valence-electron chi connectivity index (χ3n) is 4.22. The Hall–Kier alpha value is -1.69. The highest BCUT2D eigenvalue weighted by molar-refractivity contribution is 6.42. The molecule has 1 aromatic carbocycles. The molecule has 0 bridgehead atoms. The summed E-state index contributed by atoms with van der Waals surface area (Å²) in [5.41, 5.74) is 0.685. The highest BCUT2D eigenvalue weighted by atomic mass is 35.5. The Kier molecular flexibility index (Phi) is 9.68. The smallest absolute Gasteiger partial charge is 0.227 e. The van der Waals surface area contributed by atoms with E-state index in [9.17, 15) is 4.79 Å². The molecule has 154 valence electrons. The maximum Gasteiger partial charge on any atom is 0.227 e. The molecule has 5 nitrogen and oxygen atoms in total. The van der Waals surface area contributed by atoms with Gasteiger partial charge in [0, 0.05) is 11.6 Å². The number of benzene rings is 1. The second-order valence-electron chi connectivity index (χ2n) is 6.43. The van der Waals surface area contributed by atoms with Crippen molar-refractivity contribution in [1.82, 2.24) is 0 Å². The van der Waals surface area contributed by atoms with Gasteiger partial charge >= 0.3 is 0 Å². The summed E-state index contributed by atoms with van der Waals surface area (Å²) < 4.78 is 16.4. The van der Waals surface area contributed by atoms with Gasteiger partial charge < -0.3 is 19.0 Å². The van der Waals surface area contributed by atoms with Gasteiger partial charge in [0.15, 0.2) is 0 Å². The van der Waals surface area contributed by atoms with Crippen molar-refractivity contribution in [2.45, 2.75) is 52.1 Å². The van der Waals surface area contributed by atoms with E-state index in [0.29, 0.717) is 23.3 Å². The average Bonchev–Trinajstić information content (AvgIpc) is 2.69. The second kappa shape index (κ2) is 12.0. The van der Waals surface area contributed by atoms with Crippen LogP contribution in [-0.2, 0) is 13.0 Å². The summed E-state index contributed by atoms with van der Waals surface area (Å²) in [5, 5.41) is 10.0. The Balaban J connectivity index is 1.65. The normalized spacial score (nSPS) is 10.9. The summed E-state index contributed by atoms with van der Waals surface area (Å²) in [7, 11) is 0. The van der Waals surface area contributed by atoms with E-state index in [2.05, 4.69) is 6.92 Å². The van der Waals surface area contributed by atoms with Gasteiger partial charge in [0.25, 0.3) is 0 Å². The van der Waals surface area contributed by atoms with Gasteiger partial charge in [-0.15, -0.1) is 0 Å². The van der Waals surface area contributed by atoms with Crippen LogP contribution in [0.5, 0.6) is 11.5 Å². The molecule has 7 heteroatoms. The molecule has 0 spiro atoms. The largest absolute Gasteiger partial charge is 0.493 e. The SMILES string of the molecule is CCCc1c(OCCCCCCOc2coc(CO)cc2=O)ccc(Cl)c1Cl. The lowest BCUT2D eigenvalue weighted by Gasteiger charge is -2.13. The van der Waals surface area contributed by atoms with Crippen LogP contribution < -0.4 is 14.9 Å². The Labute approximate surface area is 175 Å². The van der Waals surface area contributed by atoms with Crippen LogP contribution in [0.3, 0.4) is 0 Å². The van der Waals surface area contributed by atoms with Crippen LogP contribution in [0.2, 0.25) is 10.0 Å². The number of hydrogen-bond acceptors (Lipinski definition) is 5. The van der Waals surface area contributed by atoms with Crippen LogP contribution in [0.15, 0.2) is 33.7 Å². The van der Waals surface area contributed by atoms with E-state index >= 15 is 0 Å². The van der Waals surface area contributed by atoms with Crippen molar-refractivity contribution in [2.75, 3.05) is 13.2 Å².